The van der Waals surface area contributed by atoms with Crippen molar-refractivity contribution < 1.29 is 0 Å². The third-order valence-electron chi connectivity index (χ3n) is 3.15. The third kappa shape index (κ3) is 2.83. The molecule has 1 aliphatic heterocycles. The lowest BCUT2D eigenvalue weighted by atomic mass is 10.0. The Bertz CT molecular complexity index is 577. The fourth-order valence-electron chi connectivity index (χ4n) is 2.21. The minimum atomic E-state index is 0. The molecule has 0 saturated heterocycles. The molecule has 0 aliphatic carbocycles. The molecule has 0 amide bonds. The molecule has 1 N–H and O–H groups in total. The Morgan fingerprint density at radius 3 is 2.68 bits per heavy atom. The van der Waals surface area contributed by atoms with E-state index in [1.165, 1.54) is 11.1 Å². The second-order valence-corrected chi connectivity index (χ2v) is 4.42. The van der Waals surface area contributed by atoms with Crippen molar-refractivity contribution in [2.45, 2.75) is 13.3 Å². The van der Waals surface area contributed by atoms with Crippen molar-refractivity contribution in [3.8, 4) is 5.82 Å². The molecule has 100 valence electrons. The SMILES string of the molecule is Cc1cc(C2=CCNCC2)cnc1-n1cnnc1.Cl. The molecule has 2 aromatic heterocycles. The van der Waals surface area contributed by atoms with Crippen molar-refractivity contribution in [3.63, 3.8) is 0 Å². The standard InChI is InChI=1S/C13H15N5.ClH/c1-10-6-12(11-2-4-14-5-3-11)7-15-13(10)18-8-16-17-9-18;/h2,6-9,14H,3-5H2,1H3;1H. The van der Waals surface area contributed by atoms with Gasteiger partial charge in [-0.2, -0.15) is 0 Å². The average molecular weight is 278 g/mol. The van der Waals surface area contributed by atoms with Crippen LogP contribution in [0.3, 0.4) is 0 Å². The predicted octanol–water partition coefficient (Wildman–Crippen LogP) is 1.77. The number of nitrogens with zero attached hydrogens (tertiary/aromatic N) is 4. The zero-order chi connectivity index (χ0) is 12.4. The summed E-state index contributed by atoms with van der Waals surface area (Å²) in [4.78, 5) is 4.52. The summed E-state index contributed by atoms with van der Waals surface area (Å²) < 4.78 is 1.83. The summed E-state index contributed by atoms with van der Waals surface area (Å²) in [6.07, 6.45) is 8.56. The number of nitrogens with one attached hydrogen (secondary N) is 1. The fourth-order valence-corrected chi connectivity index (χ4v) is 2.21. The fraction of sp³-hybridized carbons (Fsp3) is 0.308. The van der Waals surface area contributed by atoms with Crippen molar-refractivity contribution in [3.05, 3.63) is 42.1 Å². The molecule has 0 atom stereocenters. The molecule has 0 fully saturated rings. The van der Waals surface area contributed by atoms with Crippen LogP contribution in [0.15, 0.2) is 31.0 Å². The summed E-state index contributed by atoms with van der Waals surface area (Å²) in [6.45, 7) is 4.05. The second kappa shape index (κ2) is 5.95. The van der Waals surface area contributed by atoms with E-state index in [1.54, 1.807) is 12.7 Å². The zero-order valence-corrected chi connectivity index (χ0v) is 11.5. The summed E-state index contributed by atoms with van der Waals surface area (Å²) in [7, 11) is 0. The number of aromatic nitrogens is 4. The second-order valence-electron chi connectivity index (χ2n) is 4.42. The van der Waals surface area contributed by atoms with E-state index in [2.05, 4.69) is 39.6 Å². The van der Waals surface area contributed by atoms with Crippen molar-refractivity contribution in [2.75, 3.05) is 13.1 Å². The van der Waals surface area contributed by atoms with Crippen LogP contribution in [0.5, 0.6) is 0 Å². The molecule has 5 nitrogen and oxygen atoms in total. The van der Waals surface area contributed by atoms with Gasteiger partial charge in [-0.05, 0) is 42.7 Å². The lowest BCUT2D eigenvalue weighted by molar-refractivity contribution is 0.738. The maximum absolute atomic E-state index is 4.52. The van der Waals surface area contributed by atoms with E-state index in [0.717, 1.165) is 30.9 Å². The highest BCUT2D eigenvalue weighted by Gasteiger charge is 2.09. The van der Waals surface area contributed by atoms with Gasteiger partial charge in [-0.25, -0.2) is 4.98 Å². The van der Waals surface area contributed by atoms with E-state index in [4.69, 9.17) is 0 Å². The van der Waals surface area contributed by atoms with Crippen LogP contribution < -0.4 is 5.32 Å². The molecule has 19 heavy (non-hydrogen) atoms. The number of hydrogen-bond acceptors (Lipinski definition) is 4. The summed E-state index contributed by atoms with van der Waals surface area (Å²) in [5.74, 6) is 0.887. The van der Waals surface area contributed by atoms with E-state index in [9.17, 15) is 0 Å². The van der Waals surface area contributed by atoms with Crippen molar-refractivity contribution in [1.29, 1.82) is 0 Å². The Labute approximate surface area is 118 Å². The highest BCUT2D eigenvalue weighted by Crippen LogP contribution is 2.21. The van der Waals surface area contributed by atoms with Crippen LogP contribution >= 0.6 is 12.4 Å². The highest BCUT2D eigenvalue weighted by molar-refractivity contribution is 5.85. The van der Waals surface area contributed by atoms with Crippen LogP contribution in [0.25, 0.3) is 11.4 Å². The highest BCUT2D eigenvalue weighted by atomic mass is 35.5. The number of aryl methyl sites for hydroxylation is 1. The van der Waals surface area contributed by atoms with Crippen LogP contribution in [0.4, 0.5) is 0 Å². The van der Waals surface area contributed by atoms with Gasteiger partial charge in [0.1, 0.15) is 18.5 Å². The zero-order valence-electron chi connectivity index (χ0n) is 10.7. The molecule has 0 saturated carbocycles. The van der Waals surface area contributed by atoms with Gasteiger partial charge in [-0.1, -0.05) is 6.08 Å². The minimum Gasteiger partial charge on any atom is -0.313 e. The quantitative estimate of drug-likeness (QED) is 0.909. The van der Waals surface area contributed by atoms with Crippen molar-refractivity contribution in [1.82, 2.24) is 25.1 Å². The van der Waals surface area contributed by atoms with Gasteiger partial charge < -0.3 is 5.32 Å². The van der Waals surface area contributed by atoms with E-state index in [1.807, 2.05) is 10.8 Å². The Kier molecular flexibility index (Phi) is 4.29. The van der Waals surface area contributed by atoms with Crippen molar-refractivity contribution in [2.24, 2.45) is 0 Å². The maximum Gasteiger partial charge on any atom is 0.142 e. The molecule has 0 bridgehead atoms. The van der Waals surface area contributed by atoms with Gasteiger partial charge in [0, 0.05) is 12.7 Å². The Morgan fingerprint density at radius 1 is 1.26 bits per heavy atom. The smallest absolute Gasteiger partial charge is 0.142 e. The average Bonchev–Trinajstić information content (AvgIpc) is 2.93. The first-order chi connectivity index (χ1) is 8.84. The van der Waals surface area contributed by atoms with Crippen molar-refractivity contribution >= 4 is 18.0 Å². The molecule has 3 rings (SSSR count). The normalized spacial score (nSPS) is 14.7. The monoisotopic (exact) mass is 277 g/mol. The summed E-state index contributed by atoms with van der Waals surface area (Å²) in [5, 5.41) is 10.9. The number of hydrogen-bond donors (Lipinski definition) is 1. The van der Waals surface area contributed by atoms with Gasteiger partial charge >= 0.3 is 0 Å². The van der Waals surface area contributed by atoms with Gasteiger partial charge in [-0.3, -0.25) is 4.57 Å². The first kappa shape index (κ1) is 13.7. The Hall–Kier alpha value is -1.72. The van der Waals surface area contributed by atoms with Crippen LogP contribution in [0.2, 0.25) is 0 Å². The third-order valence-corrected chi connectivity index (χ3v) is 3.15. The molecule has 6 heteroatoms. The molecule has 1 aliphatic rings. The van der Waals surface area contributed by atoms with Gasteiger partial charge in [0.2, 0.25) is 0 Å². The van der Waals surface area contributed by atoms with Gasteiger partial charge in [-0.15, -0.1) is 22.6 Å². The van der Waals surface area contributed by atoms with Crippen LogP contribution in [0.1, 0.15) is 17.5 Å². The van der Waals surface area contributed by atoms with Gasteiger partial charge in [0.25, 0.3) is 0 Å². The first-order valence-electron chi connectivity index (χ1n) is 6.06. The molecule has 0 aromatic carbocycles. The number of rotatable bonds is 2. The largest absolute Gasteiger partial charge is 0.313 e. The summed E-state index contributed by atoms with van der Waals surface area (Å²) in [5.41, 5.74) is 3.72. The summed E-state index contributed by atoms with van der Waals surface area (Å²) in [6, 6.07) is 2.18. The minimum absolute atomic E-state index is 0. The van der Waals surface area contributed by atoms with E-state index >= 15 is 0 Å². The summed E-state index contributed by atoms with van der Waals surface area (Å²) >= 11 is 0. The number of halogens is 1. The first-order valence-corrected chi connectivity index (χ1v) is 6.06. The molecule has 0 unspecified atom stereocenters. The molecule has 0 spiro atoms. The van der Waals surface area contributed by atoms with Gasteiger partial charge in [0.15, 0.2) is 0 Å². The van der Waals surface area contributed by atoms with Crippen LogP contribution in [-0.4, -0.2) is 32.8 Å². The van der Waals surface area contributed by atoms with Crippen LogP contribution in [-0.2, 0) is 0 Å². The van der Waals surface area contributed by atoms with E-state index in [0.29, 0.717) is 0 Å². The maximum atomic E-state index is 4.52. The lowest BCUT2D eigenvalue weighted by Crippen LogP contribution is -2.20. The Balaban J connectivity index is 0.00000133. The molecule has 2 aromatic rings. The molecular weight excluding hydrogens is 262 g/mol. The van der Waals surface area contributed by atoms with E-state index in [-0.39, 0.29) is 12.4 Å². The van der Waals surface area contributed by atoms with Crippen LogP contribution in [0, 0.1) is 6.92 Å². The molecular formula is C13H16ClN5. The van der Waals surface area contributed by atoms with Gasteiger partial charge in [0.05, 0.1) is 0 Å². The lowest BCUT2D eigenvalue weighted by Gasteiger charge is -2.15. The number of pyridine rings is 1. The topological polar surface area (TPSA) is 55.6 Å². The predicted molar refractivity (Wildman–Crippen MR) is 76.6 cm³/mol. The van der Waals surface area contributed by atoms with E-state index < -0.39 is 0 Å². The Morgan fingerprint density at radius 2 is 2.05 bits per heavy atom. The molecule has 0 radical (unpaired) electrons. The molecule has 3 heterocycles.